The fourth-order valence-electron chi connectivity index (χ4n) is 1.69. The summed E-state index contributed by atoms with van der Waals surface area (Å²) in [6.07, 6.45) is 0.967. The normalized spacial score (nSPS) is 22.7. The molecule has 1 N–H and O–H groups in total. The summed E-state index contributed by atoms with van der Waals surface area (Å²) in [5.74, 6) is 1.31. The second kappa shape index (κ2) is 4.34. The topological polar surface area (TPSA) is 38.3 Å². The first kappa shape index (κ1) is 11.3. The van der Waals surface area contributed by atoms with Gasteiger partial charge >= 0.3 is 0 Å². The van der Waals surface area contributed by atoms with E-state index in [4.69, 9.17) is 16.3 Å². The van der Waals surface area contributed by atoms with Crippen molar-refractivity contribution in [3.05, 3.63) is 23.2 Å². The molecular weight excluding hydrogens is 226 g/mol. The van der Waals surface area contributed by atoms with Crippen molar-refractivity contribution in [3.8, 4) is 5.75 Å². The SMILES string of the molecule is COc1ccc(Cl)cc1NC(=O)[C@H]1C[C@H]1C. The maximum atomic E-state index is 11.8. The van der Waals surface area contributed by atoms with Crippen LogP contribution in [0.1, 0.15) is 13.3 Å². The minimum atomic E-state index is 0.0491. The number of nitrogens with one attached hydrogen (secondary N) is 1. The molecule has 1 aromatic carbocycles. The first-order valence-electron chi connectivity index (χ1n) is 5.26. The van der Waals surface area contributed by atoms with Gasteiger partial charge in [-0.15, -0.1) is 0 Å². The molecular formula is C12H14ClNO2. The van der Waals surface area contributed by atoms with E-state index < -0.39 is 0 Å². The minimum absolute atomic E-state index is 0.0491. The van der Waals surface area contributed by atoms with Crippen LogP contribution in [0.3, 0.4) is 0 Å². The molecule has 0 aromatic heterocycles. The van der Waals surface area contributed by atoms with Gasteiger partial charge in [0.25, 0.3) is 0 Å². The number of hydrogen-bond donors (Lipinski definition) is 1. The van der Waals surface area contributed by atoms with Crippen LogP contribution in [0, 0.1) is 11.8 Å². The van der Waals surface area contributed by atoms with E-state index in [9.17, 15) is 4.79 Å². The third-order valence-corrected chi connectivity index (χ3v) is 3.10. The average Bonchev–Trinajstić information content (AvgIpc) is 2.96. The summed E-state index contributed by atoms with van der Waals surface area (Å²) in [6, 6.07) is 5.18. The number of ether oxygens (including phenoxy) is 1. The largest absolute Gasteiger partial charge is 0.495 e. The molecule has 16 heavy (non-hydrogen) atoms. The number of benzene rings is 1. The molecule has 0 radical (unpaired) electrons. The van der Waals surface area contributed by atoms with Gasteiger partial charge in [0.1, 0.15) is 5.75 Å². The summed E-state index contributed by atoms with van der Waals surface area (Å²) in [5, 5.41) is 3.43. The van der Waals surface area contributed by atoms with Crippen molar-refractivity contribution in [3.63, 3.8) is 0 Å². The molecule has 0 heterocycles. The van der Waals surface area contributed by atoms with Crippen LogP contribution in [-0.4, -0.2) is 13.0 Å². The second-order valence-corrected chi connectivity index (χ2v) is 4.59. The third kappa shape index (κ3) is 2.30. The Morgan fingerprint density at radius 2 is 2.25 bits per heavy atom. The fraction of sp³-hybridized carbons (Fsp3) is 0.417. The number of amides is 1. The third-order valence-electron chi connectivity index (χ3n) is 2.87. The van der Waals surface area contributed by atoms with Crippen LogP contribution in [0.4, 0.5) is 5.69 Å². The predicted molar refractivity (Wildman–Crippen MR) is 63.9 cm³/mol. The zero-order valence-electron chi connectivity index (χ0n) is 9.29. The van der Waals surface area contributed by atoms with Crippen LogP contribution in [0.15, 0.2) is 18.2 Å². The quantitative estimate of drug-likeness (QED) is 0.881. The summed E-state index contributed by atoms with van der Waals surface area (Å²) in [4.78, 5) is 11.8. The lowest BCUT2D eigenvalue weighted by molar-refractivity contribution is -0.117. The molecule has 0 aliphatic heterocycles. The van der Waals surface area contributed by atoms with E-state index in [0.29, 0.717) is 22.4 Å². The van der Waals surface area contributed by atoms with Crippen molar-refractivity contribution in [1.82, 2.24) is 0 Å². The lowest BCUT2D eigenvalue weighted by Gasteiger charge is -2.10. The molecule has 2 atom stereocenters. The Hall–Kier alpha value is -1.22. The minimum Gasteiger partial charge on any atom is -0.495 e. The van der Waals surface area contributed by atoms with Crippen LogP contribution in [-0.2, 0) is 4.79 Å². The Balaban J connectivity index is 2.13. The molecule has 1 aliphatic carbocycles. The van der Waals surface area contributed by atoms with Crippen molar-refractivity contribution in [2.45, 2.75) is 13.3 Å². The molecule has 1 aromatic rings. The van der Waals surface area contributed by atoms with Gasteiger partial charge in [-0.3, -0.25) is 4.79 Å². The van der Waals surface area contributed by atoms with Crippen molar-refractivity contribution < 1.29 is 9.53 Å². The molecule has 3 nitrogen and oxygen atoms in total. The number of hydrogen-bond acceptors (Lipinski definition) is 2. The van der Waals surface area contributed by atoms with Crippen LogP contribution >= 0.6 is 11.6 Å². The van der Waals surface area contributed by atoms with Gasteiger partial charge in [0.05, 0.1) is 12.8 Å². The van der Waals surface area contributed by atoms with Gasteiger partial charge in [-0.1, -0.05) is 18.5 Å². The Morgan fingerprint density at radius 3 is 2.81 bits per heavy atom. The lowest BCUT2D eigenvalue weighted by atomic mass is 10.2. The van der Waals surface area contributed by atoms with Gasteiger partial charge in [0.15, 0.2) is 0 Å². The van der Waals surface area contributed by atoms with Gasteiger partial charge in [-0.25, -0.2) is 0 Å². The van der Waals surface area contributed by atoms with E-state index in [1.54, 1.807) is 25.3 Å². The number of methoxy groups -OCH3 is 1. The molecule has 1 aliphatic rings. The van der Waals surface area contributed by atoms with E-state index in [2.05, 4.69) is 12.2 Å². The highest BCUT2D eigenvalue weighted by atomic mass is 35.5. The van der Waals surface area contributed by atoms with E-state index in [1.165, 1.54) is 0 Å². The van der Waals surface area contributed by atoms with E-state index in [0.717, 1.165) is 6.42 Å². The molecule has 2 rings (SSSR count). The smallest absolute Gasteiger partial charge is 0.227 e. The first-order chi connectivity index (χ1) is 7.61. The highest BCUT2D eigenvalue weighted by molar-refractivity contribution is 6.31. The second-order valence-electron chi connectivity index (χ2n) is 4.15. The summed E-state index contributed by atoms with van der Waals surface area (Å²) in [5.41, 5.74) is 0.638. The molecule has 1 amide bonds. The summed E-state index contributed by atoms with van der Waals surface area (Å²) in [7, 11) is 1.57. The van der Waals surface area contributed by atoms with Gasteiger partial charge < -0.3 is 10.1 Å². The Bertz CT molecular complexity index is 419. The Morgan fingerprint density at radius 1 is 1.56 bits per heavy atom. The molecule has 0 unspecified atom stereocenters. The van der Waals surface area contributed by atoms with Crippen LogP contribution < -0.4 is 10.1 Å². The summed E-state index contributed by atoms with van der Waals surface area (Å²) < 4.78 is 5.15. The van der Waals surface area contributed by atoms with E-state index in [1.807, 2.05) is 0 Å². The van der Waals surface area contributed by atoms with Crippen LogP contribution in [0.2, 0.25) is 5.02 Å². The fourth-order valence-corrected chi connectivity index (χ4v) is 1.86. The lowest BCUT2D eigenvalue weighted by Crippen LogP contribution is -2.15. The molecule has 1 fully saturated rings. The predicted octanol–water partition coefficient (Wildman–Crippen LogP) is 2.94. The van der Waals surface area contributed by atoms with Gasteiger partial charge in [0.2, 0.25) is 5.91 Å². The van der Waals surface area contributed by atoms with Crippen molar-refractivity contribution in [2.75, 3.05) is 12.4 Å². The van der Waals surface area contributed by atoms with Crippen molar-refractivity contribution >= 4 is 23.2 Å². The van der Waals surface area contributed by atoms with Gasteiger partial charge in [0, 0.05) is 10.9 Å². The number of carbonyl (C=O) groups is 1. The first-order valence-corrected chi connectivity index (χ1v) is 5.64. The Kier molecular flexibility index (Phi) is 3.06. The number of rotatable bonds is 3. The van der Waals surface area contributed by atoms with Crippen molar-refractivity contribution in [1.29, 1.82) is 0 Å². The molecule has 0 spiro atoms. The van der Waals surface area contributed by atoms with Crippen LogP contribution in [0.25, 0.3) is 0 Å². The average molecular weight is 240 g/mol. The standard InChI is InChI=1S/C12H14ClNO2/c1-7-5-9(7)12(15)14-10-6-8(13)3-4-11(10)16-2/h3-4,6-7,9H,5H2,1-2H3,(H,14,15)/t7-,9+/m1/s1. The molecule has 0 saturated heterocycles. The number of halogens is 1. The van der Waals surface area contributed by atoms with Gasteiger partial charge in [-0.05, 0) is 30.5 Å². The van der Waals surface area contributed by atoms with E-state index in [-0.39, 0.29) is 11.8 Å². The molecule has 4 heteroatoms. The molecule has 86 valence electrons. The highest BCUT2D eigenvalue weighted by Gasteiger charge is 2.39. The maximum Gasteiger partial charge on any atom is 0.227 e. The maximum absolute atomic E-state index is 11.8. The highest BCUT2D eigenvalue weighted by Crippen LogP contribution is 2.39. The zero-order valence-corrected chi connectivity index (χ0v) is 10.0. The summed E-state index contributed by atoms with van der Waals surface area (Å²) in [6.45, 7) is 2.07. The number of carbonyl (C=O) groups excluding carboxylic acids is 1. The van der Waals surface area contributed by atoms with Crippen molar-refractivity contribution in [2.24, 2.45) is 11.8 Å². The molecule has 0 bridgehead atoms. The van der Waals surface area contributed by atoms with E-state index >= 15 is 0 Å². The summed E-state index contributed by atoms with van der Waals surface area (Å²) >= 11 is 5.87. The van der Waals surface area contributed by atoms with Crippen LogP contribution in [0.5, 0.6) is 5.75 Å². The molecule has 1 saturated carbocycles. The number of anilines is 1. The zero-order chi connectivity index (χ0) is 11.7. The Labute approximate surface area is 99.7 Å². The monoisotopic (exact) mass is 239 g/mol. The van der Waals surface area contributed by atoms with Gasteiger partial charge in [-0.2, -0.15) is 0 Å².